The van der Waals surface area contributed by atoms with E-state index in [9.17, 15) is 0 Å². The lowest BCUT2D eigenvalue weighted by Gasteiger charge is -2.32. The van der Waals surface area contributed by atoms with Crippen molar-refractivity contribution in [1.29, 1.82) is 0 Å². The minimum absolute atomic E-state index is 0.300. The van der Waals surface area contributed by atoms with Gasteiger partial charge in [0.2, 0.25) is 0 Å². The topological polar surface area (TPSA) is 34.6 Å². The monoisotopic (exact) mass is 282 g/mol. The number of thiazole rings is 1. The summed E-state index contributed by atoms with van der Waals surface area (Å²) in [6, 6.07) is 0. The van der Waals surface area contributed by atoms with Crippen LogP contribution in [0.1, 0.15) is 40.3 Å². The summed E-state index contributed by atoms with van der Waals surface area (Å²) in [6.07, 6.45) is 0.893. The quantitative estimate of drug-likeness (QED) is 0.795. The van der Waals surface area contributed by atoms with Crippen molar-refractivity contribution in [2.75, 3.05) is 19.0 Å². The largest absolute Gasteiger partial charge is 0.507 e. The third-order valence-corrected chi connectivity index (χ3v) is 5.19. The Balaban J connectivity index is 2.33. The van der Waals surface area contributed by atoms with Crippen molar-refractivity contribution >= 4 is 28.4 Å². The van der Waals surface area contributed by atoms with Crippen LogP contribution in [0.5, 0.6) is 0 Å². The maximum absolute atomic E-state index is 6.12. The van der Waals surface area contributed by atoms with Crippen LogP contribution in [0, 0.1) is 0 Å². The predicted octanol–water partition coefficient (Wildman–Crippen LogP) is 2.07. The van der Waals surface area contributed by atoms with E-state index in [1.807, 2.05) is 19.0 Å². The van der Waals surface area contributed by atoms with Crippen LogP contribution in [-0.2, 0) is 15.7 Å². The second-order valence-electron chi connectivity index (χ2n) is 6.14. The van der Waals surface area contributed by atoms with E-state index in [0.717, 1.165) is 22.0 Å². The minimum atomic E-state index is -0.301. The zero-order valence-electron chi connectivity index (χ0n) is 12.9. The molecule has 0 aromatic carbocycles. The third-order valence-electron chi connectivity index (χ3n) is 3.90. The Labute approximate surface area is 120 Å². The van der Waals surface area contributed by atoms with Crippen molar-refractivity contribution in [3.05, 3.63) is 5.69 Å². The smallest absolute Gasteiger partial charge is 0.399 e. The van der Waals surface area contributed by atoms with Crippen LogP contribution in [0.2, 0.25) is 0 Å². The molecule has 1 fully saturated rings. The summed E-state index contributed by atoms with van der Waals surface area (Å²) in [6.45, 7) is 10.4. The van der Waals surface area contributed by atoms with Crippen molar-refractivity contribution in [3.8, 4) is 0 Å². The molecule has 1 aliphatic rings. The van der Waals surface area contributed by atoms with Gasteiger partial charge in [0, 0.05) is 14.1 Å². The van der Waals surface area contributed by atoms with Gasteiger partial charge in [0.15, 0.2) is 5.13 Å². The standard InChI is InChI=1S/C13H23BN2O2S/c1-8-9-10(19-11(15-9)16(6)7)14-17-12(2,3)13(4,5)18-14/h8H2,1-7H3. The molecular weight excluding hydrogens is 259 g/mol. The average Bonchev–Trinajstić information content (AvgIpc) is 2.78. The van der Waals surface area contributed by atoms with E-state index < -0.39 is 0 Å². The number of hydrogen-bond donors (Lipinski definition) is 0. The first-order valence-electron chi connectivity index (χ1n) is 6.70. The Hall–Kier alpha value is -0.585. The fourth-order valence-electron chi connectivity index (χ4n) is 1.93. The fraction of sp³-hybridized carbons (Fsp3) is 0.769. The lowest BCUT2D eigenvalue weighted by molar-refractivity contribution is 0.00578. The second-order valence-corrected chi connectivity index (χ2v) is 7.15. The van der Waals surface area contributed by atoms with Gasteiger partial charge < -0.3 is 14.2 Å². The molecule has 1 saturated heterocycles. The minimum Gasteiger partial charge on any atom is -0.399 e. The van der Waals surface area contributed by atoms with E-state index in [2.05, 4.69) is 39.6 Å². The molecule has 0 N–H and O–H groups in total. The molecule has 1 aromatic heterocycles. The van der Waals surface area contributed by atoms with Gasteiger partial charge in [0.1, 0.15) is 0 Å². The number of anilines is 1. The van der Waals surface area contributed by atoms with Crippen LogP contribution in [0.25, 0.3) is 0 Å². The van der Waals surface area contributed by atoms with Crippen LogP contribution in [0.3, 0.4) is 0 Å². The highest BCUT2D eigenvalue weighted by Crippen LogP contribution is 2.37. The Kier molecular flexibility index (Phi) is 3.71. The first-order valence-corrected chi connectivity index (χ1v) is 7.52. The molecule has 0 amide bonds. The van der Waals surface area contributed by atoms with E-state index in [4.69, 9.17) is 9.31 Å². The van der Waals surface area contributed by atoms with Crippen LogP contribution in [0.4, 0.5) is 5.13 Å². The van der Waals surface area contributed by atoms with E-state index in [-0.39, 0.29) is 18.3 Å². The molecular formula is C13H23BN2O2S. The lowest BCUT2D eigenvalue weighted by atomic mass is 9.86. The van der Waals surface area contributed by atoms with E-state index in [1.165, 1.54) is 0 Å². The van der Waals surface area contributed by atoms with Gasteiger partial charge >= 0.3 is 7.12 Å². The number of nitrogens with zero attached hydrogens (tertiary/aromatic N) is 2. The zero-order chi connectivity index (χ0) is 14.4. The van der Waals surface area contributed by atoms with Crippen molar-refractivity contribution in [2.24, 2.45) is 0 Å². The highest BCUT2D eigenvalue weighted by atomic mass is 32.1. The number of aryl methyl sites for hydroxylation is 1. The van der Waals surface area contributed by atoms with Gasteiger partial charge in [-0.1, -0.05) is 6.92 Å². The molecule has 2 heterocycles. The highest BCUT2D eigenvalue weighted by Gasteiger charge is 2.53. The van der Waals surface area contributed by atoms with E-state index in [0.29, 0.717) is 0 Å². The highest BCUT2D eigenvalue weighted by molar-refractivity contribution is 7.25. The first kappa shape index (κ1) is 14.8. The molecule has 0 aliphatic carbocycles. The summed E-state index contributed by atoms with van der Waals surface area (Å²) < 4.78 is 13.3. The Morgan fingerprint density at radius 2 is 1.68 bits per heavy atom. The lowest BCUT2D eigenvalue weighted by Crippen LogP contribution is -2.41. The molecule has 0 radical (unpaired) electrons. The van der Waals surface area contributed by atoms with Crippen LogP contribution >= 0.6 is 11.3 Å². The molecule has 0 saturated carbocycles. The molecule has 2 rings (SSSR count). The molecule has 4 nitrogen and oxygen atoms in total. The van der Waals surface area contributed by atoms with Gasteiger partial charge in [0.05, 0.1) is 21.7 Å². The molecule has 1 aliphatic heterocycles. The molecule has 1 aromatic rings. The van der Waals surface area contributed by atoms with Crippen molar-refractivity contribution in [1.82, 2.24) is 4.98 Å². The first-order chi connectivity index (χ1) is 8.68. The van der Waals surface area contributed by atoms with Gasteiger partial charge in [-0.3, -0.25) is 0 Å². The molecule has 0 bridgehead atoms. The molecule has 19 heavy (non-hydrogen) atoms. The van der Waals surface area contributed by atoms with E-state index >= 15 is 0 Å². The third kappa shape index (κ3) is 2.53. The number of aromatic nitrogens is 1. The summed E-state index contributed by atoms with van der Waals surface area (Å²) in [5.74, 6) is 0. The van der Waals surface area contributed by atoms with Crippen LogP contribution in [-0.4, -0.2) is 37.4 Å². The summed E-state index contributed by atoms with van der Waals surface area (Å²) in [5.41, 5.74) is 0.475. The fourth-order valence-corrected chi connectivity index (χ4v) is 2.96. The second kappa shape index (κ2) is 4.75. The summed E-state index contributed by atoms with van der Waals surface area (Å²) in [7, 11) is 3.71. The summed E-state index contributed by atoms with van der Waals surface area (Å²) in [4.78, 5) is 6.68. The van der Waals surface area contributed by atoms with Crippen molar-refractivity contribution in [2.45, 2.75) is 52.2 Å². The molecule has 6 heteroatoms. The molecule has 0 unspecified atom stereocenters. The zero-order valence-corrected chi connectivity index (χ0v) is 13.7. The normalized spacial score (nSPS) is 20.9. The Morgan fingerprint density at radius 3 is 2.11 bits per heavy atom. The number of rotatable bonds is 3. The van der Waals surface area contributed by atoms with Gasteiger partial charge in [-0.05, 0) is 34.1 Å². The Morgan fingerprint density at radius 1 is 1.16 bits per heavy atom. The van der Waals surface area contributed by atoms with Crippen molar-refractivity contribution < 1.29 is 9.31 Å². The Bertz CT molecular complexity index is 455. The maximum atomic E-state index is 6.12. The molecule has 106 valence electrons. The van der Waals surface area contributed by atoms with Gasteiger partial charge in [-0.15, -0.1) is 11.3 Å². The van der Waals surface area contributed by atoms with E-state index in [1.54, 1.807) is 11.3 Å². The van der Waals surface area contributed by atoms with Gasteiger partial charge in [-0.25, -0.2) is 4.98 Å². The molecule has 0 atom stereocenters. The van der Waals surface area contributed by atoms with Crippen molar-refractivity contribution in [3.63, 3.8) is 0 Å². The van der Waals surface area contributed by atoms with Gasteiger partial charge in [0.25, 0.3) is 0 Å². The summed E-state index contributed by atoms with van der Waals surface area (Å²) >= 11 is 1.66. The maximum Gasteiger partial charge on any atom is 0.507 e. The van der Waals surface area contributed by atoms with Crippen LogP contribution < -0.4 is 9.68 Å². The predicted molar refractivity (Wildman–Crippen MR) is 81.5 cm³/mol. The average molecular weight is 282 g/mol. The van der Waals surface area contributed by atoms with Crippen LogP contribution in [0.15, 0.2) is 0 Å². The number of hydrogen-bond acceptors (Lipinski definition) is 5. The van der Waals surface area contributed by atoms with Gasteiger partial charge in [-0.2, -0.15) is 0 Å². The summed E-state index contributed by atoms with van der Waals surface area (Å²) in [5, 5.41) is 1.00. The SMILES string of the molecule is CCc1nc(N(C)C)sc1B1OC(C)(C)C(C)(C)O1. The molecule has 0 spiro atoms.